The molecule has 1 unspecified atom stereocenters. The minimum Gasteiger partial charge on any atom is -0.343 e. The van der Waals surface area contributed by atoms with Crippen molar-refractivity contribution in [2.45, 2.75) is 18.9 Å². The Morgan fingerprint density at radius 1 is 1.04 bits per heavy atom. The number of benzene rings is 1. The molecule has 0 N–H and O–H groups in total. The molecule has 4 nitrogen and oxygen atoms in total. The van der Waals surface area contributed by atoms with Crippen molar-refractivity contribution in [1.29, 1.82) is 0 Å². The molecule has 0 radical (unpaired) electrons. The number of aromatic nitrogens is 2. The topological polar surface area (TPSA) is 30.2 Å². The Labute approximate surface area is 147 Å². The van der Waals surface area contributed by atoms with Gasteiger partial charge in [0.1, 0.15) is 0 Å². The number of nitrogens with zero attached hydrogens (tertiary/aromatic N) is 3. The number of fused-ring (bicyclic) bond motifs is 6. The van der Waals surface area contributed by atoms with E-state index in [1.54, 1.807) is 0 Å². The lowest BCUT2D eigenvalue weighted by molar-refractivity contribution is 0.0556. The third-order valence-electron chi connectivity index (χ3n) is 5.97. The van der Waals surface area contributed by atoms with E-state index < -0.39 is 0 Å². The van der Waals surface area contributed by atoms with E-state index in [9.17, 15) is 4.79 Å². The maximum Gasteiger partial charge on any atom is 0.260 e. The highest BCUT2D eigenvalue weighted by Crippen LogP contribution is 2.35. The van der Waals surface area contributed by atoms with Gasteiger partial charge in [0.05, 0.1) is 16.9 Å². The number of hydrogen-bond donors (Lipinski definition) is 0. The summed E-state index contributed by atoms with van der Waals surface area (Å²) in [7, 11) is 2.04. The first-order chi connectivity index (χ1) is 11.2. The molecule has 2 bridgehead atoms. The fraction of sp³-hybridized carbons (Fsp3) is 0.421. The molecule has 3 saturated heterocycles. The highest BCUT2D eigenvalue weighted by Gasteiger charge is 2.35. The van der Waals surface area contributed by atoms with Crippen molar-refractivity contribution in [3.63, 3.8) is 0 Å². The van der Waals surface area contributed by atoms with Gasteiger partial charge in [-0.3, -0.25) is 4.79 Å². The Bertz CT molecular complexity index is 966. The summed E-state index contributed by atoms with van der Waals surface area (Å²) in [5.74, 6) is 0.658. The number of piperidine rings is 3. The average Bonchev–Trinajstić information content (AvgIpc) is 2.90. The van der Waals surface area contributed by atoms with Gasteiger partial charge >= 0.3 is 0 Å². The third-order valence-corrected chi connectivity index (χ3v) is 5.97. The van der Waals surface area contributed by atoms with Crippen LogP contribution in [0.25, 0.3) is 21.8 Å². The van der Waals surface area contributed by atoms with E-state index in [1.807, 2.05) is 29.9 Å². The predicted molar refractivity (Wildman–Crippen MR) is 100 cm³/mol. The minimum atomic E-state index is 0. The lowest BCUT2D eigenvalue weighted by atomic mass is 9.84. The normalized spacial score (nSPS) is 26.0. The maximum atomic E-state index is 13.3. The van der Waals surface area contributed by atoms with Crippen LogP contribution >= 0.6 is 12.4 Å². The molecule has 3 aromatic rings. The van der Waals surface area contributed by atoms with Gasteiger partial charge in [-0.05, 0) is 44.0 Å². The van der Waals surface area contributed by atoms with Gasteiger partial charge in [-0.25, -0.2) is 0 Å². The Kier molecular flexibility index (Phi) is 3.70. The molecule has 0 spiro atoms. The van der Waals surface area contributed by atoms with Crippen LogP contribution in [0, 0.1) is 5.92 Å². The molecule has 126 valence electrons. The van der Waals surface area contributed by atoms with E-state index >= 15 is 0 Å². The monoisotopic (exact) mass is 343 g/mol. The summed E-state index contributed by atoms with van der Waals surface area (Å²) >= 11 is 0. The zero-order valence-electron chi connectivity index (χ0n) is 13.8. The number of pyridine rings is 1. The van der Waals surface area contributed by atoms with Crippen molar-refractivity contribution < 1.29 is 0 Å². The first-order valence-electron chi connectivity index (χ1n) is 8.54. The van der Waals surface area contributed by atoms with Gasteiger partial charge < -0.3 is 14.0 Å². The summed E-state index contributed by atoms with van der Waals surface area (Å²) < 4.78 is 4.15. The fourth-order valence-corrected chi connectivity index (χ4v) is 4.69. The summed E-state index contributed by atoms with van der Waals surface area (Å²) in [4.78, 5) is 15.8. The number of rotatable bonds is 1. The number of halogens is 1. The first kappa shape index (κ1) is 15.7. The molecule has 0 amide bonds. The van der Waals surface area contributed by atoms with Gasteiger partial charge in [-0.15, -0.1) is 12.4 Å². The largest absolute Gasteiger partial charge is 0.343 e. The molecule has 5 heterocycles. The van der Waals surface area contributed by atoms with Crippen molar-refractivity contribution >= 4 is 34.2 Å². The molecule has 3 fully saturated rings. The molecule has 6 rings (SSSR count). The molecular weight excluding hydrogens is 322 g/mol. The predicted octanol–water partition coefficient (Wildman–Crippen LogP) is 3.18. The smallest absolute Gasteiger partial charge is 0.260 e. The fourth-order valence-electron chi connectivity index (χ4n) is 4.69. The van der Waals surface area contributed by atoms with Crippen LogP contribution in [0.5, 0.6) is 0 Å². The molecule has 3 aliphatic rings. The average molecular weight is 344 g/mol. The molecule has 3 aliphatic heterocycles. The van der Waals surface area contributed by atoms with Crippen LogP contribution in [0.15, 0.2) is 41.3 Å². The molecule has 1 atom stereocenters. The van der Waals surface area contributed by atoms with Gasteiger partial charge in [0, 0.05) is 30.7 Å². The van der Waals surface area contributed by atoms with E-state index in [1.165, 1.54) is 25.9 Å². The standard InChI is InChI=1S/C19H21N3O.ClH/c1-20-15-5-3-2-4-14(15)18-16(20)8-11-22(19(18)23)17-12-21-9-6-13(17)7-10-21;/h2-5,8,11,13,17H,6-7,9-10,12H2,1H3;1H. The van der Waals surface area contributed by atoms with Gasteiger partial charge in [-0.1, -0.05) is 18.2 Å². The van der Waals surface area contributed by atoms with Crippen molar-refractivity contribution in [2.75, 3.05) is 19.6 Å². The van der Waals surface area contributed by atoms with Crippen molar-refractivity contribution in [2.24, 2.45) is 13.0 Å². The number of para-hydroxylation sites is 1. The Morgan fingerprint density at radius 3 is 2.50 bits per heavy atom. The van der Waals surface area contributed by atoms with E-state index in [2.05, 4.69) is 27.7 Å². The second-order valence-corrected chi connectivity index (χ2v) is 7.07. The van der Waals surface area contributed by atoms with Crippen LogP contribution in [0.4, 0.5) is 0 Å². The summed E-state index contributed by atoms with van der Waals surface area (Å²) in [6.45, 7) is 3.43. The van der Waals surface area contributed by atoms with Crippen LogP contribution in [0.1, 0.15) is 18.9 Å². The molecule has 24 heavy (non-hydrogen) atoms. The first-order valence-corrected chi connectivity index (χ1v) is 8.54. The third kappa shape index (κ3) is 2.06. The van der Waals surface area contributed by atoms with Crippen molar-refractivity contribution in [3.8, 4) is 0 Å². The zero-order chi connectivity index (χ0) is 15.6. The van der Waals surface area contributed by atoms with E-state index in [-0.39, 0.29) is 18.0 Å². The van der Waals surface area contributed by atoms with Crippen LogP contribution in [0.2, 0.25) is 0 Å². The van der Waals surface area contributed by atoms with Crippen LogP contribution in [-0.2, 0) is 7.05 Å². The number of aryl methyl sites for hydroxylation is 1. The Balaban J connectivity index is 0.00000146. The quantitative estimate of drug-likeness (QED) is 0.679. The van der Waals surface area contributed by atoms with Gasteiger partial charge in [0.25, 0.3) is 5.56 Å². The SMILES string of the molecule is Cl.Cn1c2ccccc2c2c(=O)n(C3CN4CCC3CC4)ccc21. The Hall–Kier alpha value is -1.78. The maximum absolute atomic E-state index is 13.3. The lowest BCUT2D eigenvalue weighted by Gasteiger charge is -2.45. The Morgan fingerprint density at radius 2 is 1.79 bits per heavy atom. The van der Waals surface area contributed by atoms with Crippen LogP contribution in [0.3, 0.4) is 0 Å². The van der Waals surface area contributed by atoms with Gasteiger partial charge in [0.2, 0.25) is 0 Å². The van der Waals surface area contributed by atoms with E-state index in [0.717, 1.165) is 28.4 Å². The molecule has 2 aromatic heterocycles. The summed E-state index contributed by atoms with van der Waals surface area (Å²) in [5, 5.41) is 1.95. The summed E-state index contributed by atoms with van der Waals surface area (Å²) in [5.41, 5.74) is 2.35. The molecule has 0 saturated carbocycles. The highest BCUT2D eigenvalue weighted by molar-refractivity contribution is 6.07. The summed E-state index contributed by atoms with van der Waals surface area (Å²) in [6, 6.07) is 10.7. The molecular formula is C19H22ClN3O. The van der Waals surface area contributed by atoms with Crippen molar-refractivity contribution in [1.82, 2.24) is 14.0 Å². The highest BCUT2D eigenvalue weighted by atomic mass is 35.5. The van der Waals surface area contributed by atoms with Gasteiger partial charge in [0.15, 0.2) is 0 Å². The minimum absolute atomic E-state index is 0. The van der Waals surface area contributed by atoms with Crippen LogP contribution < -0.4 is 5.56 Å². The van der Waals surface area contributed by atoms with E-state index in [4.69, 9.17) is 0 Å². The molecule has 5 heteroatoms. The molecule has 0 aliphatic carbocycles. The zero-order valence-corrected chi connectivity index (χ0v) is 14.6. The van der Waals surface area contributed by atoms with Crippen molar-refractivity contribution in [3.05, 3.63) is 46.9 Å². The van der Waals surface area contributed by atoms with Crippen LogP contribution in [-0.4, -0.2) is 33.7 Å². The van der Waals surface area contributed by atoms with Gasteiger partial charge in [-0.2, -0.15) is 0 Å². The second-order valence-electron chi connectivity index (χ2n) is 7.07. The summed E-state index contributed by atoms with van der Waals surface area (Å²) in [6.07, 6.45) is 4.48. The lowest BCUT2D eigenvalue weighted by Crippen LogP contribution is -2.49. The molecule has 1 aromatic carbocycles. The second kappa shape index (κ2) is 5.64. The number of hydrogen-bond acceptors (Lipinski definition) is 2. The van der Waals surface area contributed by atoms with E-state index in [0.29, 0.717) is 12.0 Å².